The van der Waals surface area contributed by atoms with Crippen LogP contribution in [0.1, 0.15) is 34.0 Å². The van der Waals surface area contributed by atoms with E-state index in [0.717, 1.165) is 4.88 Å². The van der Waals surface area contributed by atoms with E-state index in [-0.39, 0.29) is 21.4 Å². The second-order valence-corrected chi connectivity index (χ2v) is 9.62. The van der Waals surface area contributed by atoms with Crippen molar-refractivity contribution in [3.8, 4) is 0 Å². The molecule has 1 aromatic carbocycles. The fourth-order valence-electron chi connectivity index (χ4n) is 2.62. The van der Waals surface area contributed by atoms with E-state index in [4.69, 9.17) is 11.6 Å². The zero-order valence-corrected chi connectivity index (χ0v) is 17.7. The Morgan fingerprint density at radius 3 is 2.35 bits per heavy atom. The lowest BCUT2D eigenvalue weighted by atomic mass is 10.2. The van der Waals surface area contributed by atoms with Crippen LogP contribution in [0.15, 0.2) is 35.2 Å². The molecule has 0 aliphatic rings. The highest BCUT2D eigenvalue weighted by molar-refractivity contribution is 7.89. The molecule has 1 aromatic heterocycles. The minimum absolute atomic E-state index is 0.0781. The molecule has 0 spiro atoms. The Labute approximate surface area is 164 Å². The van der Waals surface area contributed by atoms with Gasteiger partial charge < -0.3 is 4.90 Å². The van der Waals surface area contributed by atoms with Crippen molar-refractivity contribution in [2.45, 2.75) is 32.2 Å². The number of rotatable bonds is 7. The number of benzene rings is 1. The van der Waals surface area contributed by atoms with Gasteiger partial charge in [-0.05, 0) is 37.3 Å². The Hall–Kier alpha value is -1.41. The lowest BCUT2D eigenvalue weighted by Crippen LogP contribution is -2.31. The van der Waals surface area contributed by atoms with Crippen LogP contribution in [0.25, 0.3) is 0 Å². The maximum atomic E-state index is 12.8. The highest BCUT2D eigenvalue weighted by Gasteiger charge is 2.25. The van der Waals surface area contributed by atoms with Crippen molar-refractivity contribution in [2.75, 3.05) is 20.1 Å². The summed E-state index contributed by atoms with van der Waals surface area (Å²) in [4.78, 5) is 16.7. The number of carbonyl (C=O) groups is 1. The van der Waals surface area contributed by atoms with E-state index in [1.165, 1.54) is 27.4 Å². The third kappa shape index (κ3) is 4.46. The van der Waals surface area contributed by atoms with Crippen LogP contribution < -0.4 is 0 Å². The predicted molar refractivity (Wildman–Crippen MR) is 106 cm³/mol. The van der Waals surface area contributed by atoms with Crippen LogP contribution in [0.3, 0.4) is 0 Å². The first-order chi connectivity index (χ1) is 12.2. The zero-order valence-electron chi connectivity index (χ0n) is 15.3. The summed E-state index contributed by atoms with van der Waals surface area (Å²) in [5.74, 6) is -0.308. The summed E-state index contributed by atoms with van der Waals surface area (Å²) in [6.45, 7) is 6.74. The van der Waals surface area contributed by atoms with Crippen molar-refractivity contribution in [3.05, 3.63) is 50.7 Å². The number of thiophene rings is 1. The van der Waals surface area contributed by atoms with Crippen molar-refractivity contribution in [3.63, 3.8) is 0 Å². The van der Waals surface area contributed by atoms with Crippen LogP contribution in [0.4, 0.5) is 0 Å². The third-order valence-corrected chi connectivity index (χ3v) is 7.41. The van der Waals surface area contributed by atoms with Gasteiger partial charge in [0.2, 0.25) is 10.0 Å². The normalized spacial score (nSPS) is 11.8. The highest BCUT2D eigenvalue weighted by Crippen LogP contribution is 2.25. The molecule has 0 bridgehead atoms. The van der Waals surface area contributed by atoms with Crippen molar-refractivity contribution >= 4 is 38.9 Å². The van der Waals surface area contributed by atoms with Gasteiger partial charge in [0, 0.05) is 29.9 Å². The number of aryl methyl sites for hydroxylation is 1. The van der Waals surface area contributed by atoms with Crippen LogP contribution in [-0.2, 0) is 16.6 Å². The molecule has 142 valence electrons. The van der Waals surface area contributed by atoms with Gasteiger partial charge in [-0.2, -0.15) is 4.31 Å². The van der Waals surface area contributed by atoms with Gasteiger partial charge in [0.15, 0.2) is 0 Å². The van der Waals surface area contributed by atoms with Crippen LogP contribution in [-0.4, -0.2) is 43.7 Å². The molecule has 0 unspecified atom stereocenters. The number of hydrogen-bond donors (Lipinski definition) is 0. The Morgan fingerprint density at radius 1 is 1.15 bits per heavy atom. The number of hydrogen-bond acceptors (Lipinski definition) is 4. The largest absolute Gasteiger partial charge is 0.337 e. The quantitative estimate of drug-likeness (QED) is 0.687. The van der Waals surface area contributed by atoms with Crippen molar-refractivity contribution in [2.24, 2.45) is 0 Å². The third-order valence-electron chi connectivity index (χ3n) is 4.05. The number of nitrogens with zero attached hydrogens (tertiary/aromatic N) is 2. The first-order valence-electron chi connectivity index (χ1n) is 8.31. The standard InChI is InChI=1S/C18H23ClN2O3S2/c1-5-21(6-2)26(23,24)15-9-10-17(19)16(11-15)18(22)20(4)12-14-8-7-13(3)25-14/h7-11H,5-6,12H2,1-4H3. The van der Waals surface area contributed by atoms with E-state index in [1.807, 2.05) is 19.1 Å². The Morgan fingerprint density at radius 2 is 1.81 bits per heavy atom. The van der Waals surface area contributed by atoms with Crippen LogP contribution in [0.5, 0.6) is 0 Å². The molecule has 1 heterocycles. The van der Waals surface area contributed by atoms with E-state index in [1.54, 1.807) is 37.1 Å². The molecular weight excluding hydrogens is 392 g/mol. The first-order valence-corrected chi connectivity index (χ1v) is 10.9. The lowest BCUT2D eigenvalue weighted by Gasteiger charge is -2.20. The van der Waals surface area contributed by atoms with Gasteiger partial charge in [0.1, 0.15) is 0 Å². The number of halogens is 1. The fraction of sp³-hybridized carbons (Fsp3) is 0.389. The van der Waals surface area contributed by atoms with Crippen LogP contribution >= 0.6 is 22.9 Å². The summed E-state index contributed by atoms with van der Waals surface area (Å²) in [5, 5.41) is 0.239. The SMILES string of the molecule is CCN(CC)S(=O)(=O)c1ccc(Cl)c(C(=O)N(C)Cc2ccc(C)s2)c1. The van der Waals surface area contributed by atoms with Crippen LogP contribution in [0.2, 0.25) is 5.02 Å². The van der Waals surface area contributed by atoms with Gasteiger partial charge in [0.25, 0.3) is 5.91 Å². The van der Waals surface area contributed by atoms with Crippen molar-refractivity contribution in [1.29, 1.82) is 0 Å². The summed E-state index contributed by atoms with van der Waals surface area (Å²) in [6, 6.07) is 8.26. The van der Waals surface area contributed by atoms with E-state index in [0.29, 0.717) is 19.6 Å². The Kier molecular flexibility index (Phi) is 6.85. The van der Waals surface area contributed by atoms with Gasteiger partial charge in [-0.25, -0.2) is 8.42 Å². The summed E-state index contributed by atoms with van der Waals surface area (Å²) in [5.41, 5.74) is 0.190. The van der Waals surface area contributed by atoms with Gasteiger partial charge in [-0.15, -0.1) is 11.3 Å². The summed E-state index contributed by atoms with van der Waals surface area (Å²) < 4.78 is 26.8. The molecule has 8 heteroatoms. The lowest BCUT2D eigenvalue weighted by molar-refractivity contribution is 0.0786. The molecule has 2 aromatic rings. The average molecular weight is 415 g/mol. The number of amides is 1. The smallest absolute Gasteiger partial charge is 0.255 e. The van der Waals surface area contributed by atoms with Gasteiger partial charge >= 0.3 is 0 Å². The molecule has 5 nitrogen and oxygen atoms in total. The molecule has 0 saturated heterocycles. The second kappa shape index (κ2) is 8.52. The monoisotopic (exact) mass is 414 g/mol. The number of sulfonamides is 1. The minimum atomic E-state index is -3.65. The molecule has 26 heavy (non-hydrogen) atoms. The number of carbonyl (C=O) groups excluding carboxylic acids is 1. The van der Waals surface area contributed by atoms with Gasteiger partial charge in [0.05, 0.1) is 22.0 Å². The Balaban J connectivity index is 2.32. The van der Waals surface area contributed by atoms with E-state index < -0.39 is 10.0 Å². The summed E-state index contributed by atoms with van der Waals surface area (Å²) in [7, 11) is -1.97. The predicted octanol–water partition coefficient (Wildman–Crippen LogP) is 4.01. The van der Waals surface area contributed by atoms with Gasteiger partial charge in [-0.3, -0.25) is 4.79 Å². The van der Waals surface area contributed by atoms with Crippen LogP contribution in [0, 0.1) is 6.92 Å². The molecule has 0 aliphatic heterocycles. The first kappa shape index (κ1) is 20.9. The average Bonchev–Trinajstić information content (AvgIpc) is 3.00. The van der Waals surface area contributed by atoms with Gasteiger partial charge in [-0.1, -0.05) is 25.4 Å². The molecule has 0 radical (unpaired) electrons. The molecule has 0 saturated carbocycles. The second-order valence-electron chi connectivity index (χ2n) is 5.90. The van der Waals surface area contributed by atoms with Crippen molar-refractivity contribution < 1.29 is 13.2 Å². The van der Waals surface area contributed by atoms with Crippen molar-refractivity contribution in [1.82, 2.24) is 9.21 Å². The zero-order chi connectivity index (χ0) is 19.5. The Bertz CT molecular complexity index is 890. The topological polar surface area (TPSA) is 57.7 Å². The van der Waals surface area contributed by atoms with E-state index in [9.17, 15) is 13.2 Å². The molecule has 1 amide bonds. The maximum Gasteiger partial charge on any atom is 0.255 e. The molecule has 0 fully saturated rings. The molecule has 0 aliphatic carbocycles. The fourth-order valence-corrected chi connectivity index (χ4v) is 5.25. The molecule has 0 N–H and O–H groups in total. The highest BCUT2D eigenvalue weighted by atomic mass is 35.5. The minimum Gasteiger partial charge on any atom is -0.337 e. The molecular formula is C18H23ClN2O3S2. The maximum absolute atomic E-state index is 12.8. The van der Waals surface area contributed by atoms with E-state index in [2.05, 4.69) is 0 Å². The summed E-state index contributed by atoms with van der Waals surface area (Å²) in [6.07, 6.45) is 0. The van der Waals surface area contributed by atoms with E-state index >= 15 is 0 Å². The molecule has 0 atom stereocenters. The molecule has 2 rings (SSSR count). The summed E-state index contributed by atoms with van der Waals surface area (Å²) >= 11 is 7.81.